The fraction of sp³-hybridized carbons (Fsp3) is 0.214. The molecule has 9 heteroatoms. The molecule has 5 aromatic rings. The summed E-state index contributed by atoms with van der Waals surface area (Å²) in [6.45, 7) is 5.46. The van der Waals surface area contributed by atoms with Gasteiger partial charge in [-0.3, -0.25) is 9.48 Å². The Hall–Kier alpha value is -4.17. The van der Waals surface area contributed by atoms with Crippen LogP contribution in [0.3, 0.4) is 0 Å². The molecule has 5 rings (SSSR count). The van der Waals surface area contributed by atoms with Gasteiger partial charge in [0.1, 0.15) is 5.60 Å². The van der Waals surface area contributed by atoms with E-state index in [0.29, 0.717) is 21.5 Å². The second-order valence-electron chi connectivity index (χ2n) is 9.79. The summed E-state index contributed by atoms with van der Waals surface area (Å²) in [6.07, 6.45) is 1.21. The van der Waals surface area contributed by atoms with Crippen molar-refractivity contribution in [1.29, 1.82) is 0 Å². The zero-order chi connectivity index (χ0) is 26.3. The number of alkyl carbamates (subject to hydrolysis) is 1. The Morgan fingerprint density at radius 2 is 1.84 bits per heavy atom. The van der Waals surface area contributed by atoms with Crippen LogP contribution in [0.1, 0.15) is 26.5 Å². The predicted octanol–water partition coefficient (Wildman–Crippen LogP) is 5.82. The molecule has 0 spiro atoms. The maximum atomic E-state index is 12.5. The zero-order valence-electron chi connectivity index (χ0n) is 20.9. The molecule has 0 saturated heterocycles. The molecule has 0 unspecified atom stereocenters. The number of ether oxygens (including phenoxy) is 1. The number of nitrogens with zero attached hydrogens (tertiary/aromatic N) is 3. The normalized spacial score (nSPS) is 11.7. The van der Waals surface area contributed by atoms with E-state index in [-0.39, 0.29) is 12.1 Å². The van der Waals surface area contributed by atoms with Gasteiger partial charge < -0.3 is 10.1 Å². The highest BCUT2D eigenvalue weighted by molar-refractivity contribution is 6.38. The number of fused-ring (bicyclic) bond motifs is 2. The minimum Gasteiger partial charge on any atom is -0.444 e. The first-order valence-corrected chi connectivity index (χ1v) is 12.2. The van der Waals surface area contributed by atoms with Gasteiger partial charge >= 0.3 is 6.09 Å². The third kappa shape index (κ3) is 4.80. The van der Waals surface area contributed by atoms with Gasteiger partial charge in [0.15, 0.2) is 0 Å². The minimum absolute atomic E-state index is 0.0854. The van der Waals surface area contributed by atoms with E-state index >= 15 is 0 Å². The topological polar surface area (TPSA) is 102 Å². The Balaban J connectivity index is 1.59. The first-order chi connectivity index (χ1) is 17.6. The van der Waals surface area contributed by atoms with Crippen molar-refractivity contribution in [2.45, 2.75) is 32.9 Å². The molecule has 1 amide bonds. The van der Waals surface area contributed by atoms with Crippen molar-refractivity contribution >= 4 is 39.2 Å². The number of benzene rings is 3. The highest BCUT2D eigenvalue weighted by Crippen LogP contribution is 2.39. The number of nitrogens with one attached hydrogen (secondary N) is 2. The number of aromatic amines is 1. The van der Waals surface area contributed by atoms with Crippen LogP contribution in [0.25, 0.3) is 43.9 Å². The summed E-state index contributed by atoms with van der Waals surface area (Å²) < 4.78 is 7.11. The van der Waals surface area contributed by atoms with Crippen LogP contribution in [0.4, 0.5) is 4.79 Å². The molecule has 0 bridgehead atoms. The monoisotopic (exact) mass is 515 g/mol. The van der Waals surface area contributed by atoms with E-state index in [2.05, 4.69) is 20.6 Å². The average Bonchev–Trinajstić information content (AvgIpc) is 3.24. The molecular formula is C28H26ClN5O3. The number of hydrogen-bond acceptors (Lipinski definition) is 5. The lowest BCUT2D eigenvalue weighted by atomic mass is 9.97. The van der Waals surface area contributed by atoms with Crippen LogP contribution in [0.5, 0.6) is 0 Å². The summed E-state index contributed by atoms with van der Waals surface area (Å²) in [7, 11) is 1.87. The van der Waals surface area contributed by atoms with Crippen molar-refractivity contribution in [3.05, 3.63) is 81.9 Å². The second-order valence-corrected chi connectivity index (χ2v) is 10.2. The maximum absolute atomic E-state index is 12.5. The average molecular weight is 516 g/mol. The van der Waals surface area contributed by atoms with Crippen molar-refractivity contribution in [2.75, 3.05) is 0 Å². The molecule has 8 nitrogen and oxygen atoms in total. The summed E-state index contributed by atoms with van der Waals surface area (Å²) in [6, 6.07) is 17.5. The van der Waals surface area contributed by atoms with Crippen LogP contribution in [-0.2, 0) is 18.3 Å². The number of hydrogen-bond donors (Lipinski definition) is 2. The lowest BCUT2D eigenvalue weighted by molar-refractivity contribution is 0.0523. The summed E-state index contributed by atoms with van der Waals surface area (Å²) in [5, 5.41) is 17.7. The first-order valence-electron chi connectivity index (χ1n) is 11.8. The van der Waals surface area contributed by atoms with Gasteiger partial charge in [0, 0.05) is 28.9 Å². The van der Waals surface area contributed by atoms with Crippen molar-refractivity contribution in [3.8, 4) is 22.4 Å². The molecule has 3 aromatic carbocycles. The number of aromatic nitrogens is 4. The summed E-state index contributed by atoms with van der Waals surface area (Å²) >= 11 is 6.87. The van der Waals surface area contributed by atoms with E-state index in [0.717, 1.165) is 33.2 Å². The largest absolute Gasteiger partial charge is 0.444 e. The van der Waals surface area contributed by atoms with E-state index in [1.54, 1.807) is 37.7 Å². The first kappa shape index (κ1) is 24.5. The molecule has 0 radical (unpaired) electrons. The molecule has 2 N–H and O–H groups in total. The van der Waals surface area contributed by atoms with Crippen LogP contribution in [0, 0.1) is 0 Å². The smallest absolute Gasteiger partial charge is 0.407 e. The van der Waals surface area contributed by atoms with E-state index in [1.807, 2.05) is 55.6 Å². The van der Waals surface area contributed by atoms with Crippen molar-refractivity contribution < 1.29 is 9.53 Å². The third-order valence-corrected chi connectivity index (χ3v) is 6.44. The third-order valence-electron chi connectivity index (χ3n) is 6.03. The van der Waals surface area contributed by atoms with Gasteiger partial charge in [-0.05, 0) is 43.9 Å². The van der Waals surface area contributed by atoms with Crippen LogP contribution in [0.2, 0.25) is 5.02 Å². The van der Waals surface area contributed by atoms with Gasteiger partial charge in [0.05, 0.1) is 34.5 Å². The molecule has 2 heterocycles. The number of H-pyrrole nitrogens is 1. The van der Waals surface area contributed by atoms with Crippen molar-refractivity contribution in [3.63, 3.8) is 0 Å². The molecule has 188 valence electrons. The van der Waals surface area contributed by atoms with Gasteiger partial charge in [0.2, 0.25) is 0 Å². The van der Waals surface area contributed by atoms with E-state index in [4.69, 9.17) is 16.3 Å². The molecule has 0 aliphatic heterocycles. The molecule has 2 aromatic heterocycles. The standard InChI is InChI=1S/C28H26ClN5O3/c1-28(2,3)37-27(36)30-15-23-21-13-17(10-11-19(21)26(35)33-32-23)22-14-31-34(4)25(22)20-12-9-16-7-5-6-8-18(16)24(20)29/h5-14H,15H2,1-4H3,(H,30,36)(H,33,35). The van der Waals surface area contributed by atoms with Crippen LogP contribution < -0.4 is 10.9 Å². The van der Waals surface area contributed by atoms with Gasteiger partial charge in [0.25, 0.3) is 5.56 Å². The molecule has 0 aliphatic carbocycles. The van der Waals surface area contributed by atoms with Crippen molar-refractivity contribution in [2.24, 2.45) is 7.05 Å². The zero-order valence-corrected chi connectivity index (χ0v) is 21.7. The summed E-state index contributed by atoms with van der Waals surface area (Å²) in [4.78, 5) is 24.7. The lowest BCUT2D eigenvalue weighted by Crippen LogP contribution is -2.32. The quantitative estimate of drug-likeness (QED) is 0.314. The Labute approximate surface area is 218 Å². The Morgan fingerprint density at radius 3 is 2.62 bits per heavy atom. The molecule has 0 fully saturated rings. The van der Waals surface area contributed by atoms with Crippen LogP contribution in [-0.4, -0.2) is 31.7 Å². The van der Waals surface area contributed by atoms with Crippen LogP contribution in [0.15, 0.2) is 65.6 Å². The van der Waals surface area contributed by atoms with Crippen molar-refractivity contribution in [1.82, 2.24) is 25.3 Å². The van der Waals surface area contributed by atoms with E-state index < -0.39 is 11.7 Å². The number of aryl methyl sites for hydroxylation is 1. The highest BCUT2D eigenvalue weighted by atomic mass is 35.5. The Bertz CT molecular complexity index is 1720. The predicted molar refractivity (Wildman–Crippen MR) is 146 cm³/mol. The molecule has 37 heavy (non-hydrogen) atoms. The second kappa shape index (κ2) is 9.37. The highest BCUT2D eigenvalue weighted by Gasteiger charge is 2.19. The lowest BCUT2D eigenvalue weighted by Gasteiger charge is -2.19. The fourth-order valence-corrected chi connectivity index (χ4v) is 4.70. The summed E-state index contributed by atoms with van der Waals surface area (Å²) in [5.74, 6) is 0. The minimum atomic E-state index is -0.626. The number of amides is 1. The SMILES string of the molecule is Cn1ncc(-c2ccc3c(=O)[nH]nc(CNC(=O)OC(C)(C)C)c3c2)c1-c1ccc2ccccc2c1Cl. The molecule has 0 aliphatic rings. The van der Waals surface area contributed by atoms with E-state index in [9.17, 15) is 9.59 Å². The van der Waals surface area contributed by atoms with Gasteiger partial charge in [-0.15, -0.1) is 0 Å². The van der Waals surface area contributed by atoms with Gasteiger partial charge in [-0.25, -0.2) is 9.89 Å². The molecular weight excluding hydrogens is 490 g/mol. The van der Waals surface area contributed by atoms with E-state index in [1.165, 1.54) is 0 Å². The van der Waals surface area contributed by atoms with Gasteiger partial charge in [-0.1, -0.05) is 54.1 Å². The molecule has 0 atom stereocenters. The van der Waals surface area contributed by atoms with Gasteiger partial charge in [-0.2, -0.15) is 10.2 Å². The number of carbonyl (C=O) groups is 1. The number of carbonyl (C=O) groups excluding carboxylic acids is 1. The van der Waals surface area contributed by atoms with Crippen LogP contribution >= 0.6 is 11.6 Å². The number of halogens is 1. The Kier molecular flexibility index (Phi) is 6.21. The molecule has 0 saturated carbocycles. The Morgan fingerprint density at radius 1 is 1.05 bits per heavy atom. The fourth-order valence-electron chi connectivity index (χ4n) is 4.38. The maximum Gasteiger partial charge on any atom is 0.407 e. The number of rotatable bonds is 4. The summed E-state index contributed by atoms with van der Waals surface area (Å²) in [5.41, 5.74) is 2.97.